The lowest BCUT2D eigenvalue weighted by atomic mass is 9.95. The Morgan fingerprint density at radius 1 is 1.21 bits per heavy atom. The van der Waals surface area contributed by atoms with E-state index in [0.29, 0.717) is 17.9 Å². The van der Waals surface area contributed by atoms with Gasteiger partial charge in [0.05, 0.1) is 18.2 Å². The number of carbonyl (C=O) groups is 2. The quantitative estimate of drug-likeness (QED) is 0.610. The van der Waals surface area contributed by atoms with E-state index in [1.807, 2.05) is 43.3 Å². The van der Waals surface area contributed by atoms with E-state index in [0.717, 1.165) is 11.3 Å². The SMILES string of the molecule is COCCOC(=O)C1=C(C)NC(=O)N[C@@H]1c1ccc(N(C)C)cc1. The average molecular weight is 333 g/mol. The summed E-state index contributed by atoms with van der Waals surface area (Å²) in [6, 6.07) is 6.76. The molecule has 1 aliphatic rings. The summed E-state index contributed by atoms with van der Waals surface area (Å²) in [6.45, 7) is 2.17. The molecule has 1 aliphatic heterocycles. The van der Waals surface area contributed by atoms with Crippen LogP contribution in [0.4, 0.5) is 10.5 Å². The highest BCUT2D eigenvalue weighted by Gasteiger charge is 2.32. The monoisotopic (exact) mass is 333 g/mol. The normalized spacial score (nSPS) is 17.2. The first-order valence-corrected chi connectivity index (χ1v) is 7.65. The fraction of sp³-hybridized carbons (Fsp3) is 0.412. The third-order valence-corrected chi connectivity index (χ3v) is 3.75. The van der Waals surface area contributed by atoms with E-state index >= 15 is 0 Å². The van der Waals surface area contributed by atoms with Gasteiger partial charge < -0.3 is 25.0 Å². The van der Waals surface area contributed by atoms with Crippen molar-refractivity contribution < 1.29 is 19.1 Å². The lowest BCUT2D eigenvalue weighted by Gasteiger charge is -2.28. The Morgan fingerprint density at radius 2 is 1.88 bits per heavy atom. The number of benzene rings is 1. The van der Waals surface area contributed by atoms with E-state index in [9.17, 15) is 9.59 Å². The van der Waals surface area contributed by atoms with Crippen LogP contribution < -0.4 is 15.5 Å². The summed E-state index contributed by atoms with van der Waals surface area (Å²) >= 11 is 0. The van der Waals surface area contributed by atoms with Gasteiger partial charge in [0.15, 0.2) is 0 Å². The van der Waals surface area contributed by atoms with Gasteiger partial charge in [-0.3, -0.25) is 0 Å². The Balaban J connectivity index is 2.28. The van der Waals surface area contributed by atoms with E-state index in [1.54, 1.807) is 6.92 Å². The van der Waals surface area contributed by atoms with Crippen LogP contribution in [-0.2, 0) is 14.3 Å². The van der Waals surface area contributed by atoms with Gasteiger partial charge in [0.1, 0.15) is 6.61 Å². The van der Waals surface area contributed by atoms with Crippen LogP contribution >= 0.6 is 0 Å². The van der Waals surface area contributed by atoms with Crippen LogP contribution in [0, 0.1) is 0 Å². The van der Waals surface area contributed by atoms with Gasteiger partial charge in [0.25, 0.3) is 0 Å². The average Bonchev–Trinajstić information content (AvgIpc) is 2.54. The number of urea groups is 1. The molecule has 2 N–H and O–H groups in total. The molecule has 0 fully saturated rings. The minimum Gasteiger partial charge on any atom is -0.460 e. The number of rotatable bonds is 6. The van der Waals surface area contributed by atoms with E-state index < -0.39 is 12.0 Å². The molecule has 2 amide bonds. The number of hydrogen-bond acceptors (Lipinski definition) is 5. The summed E-state index contributed by atoms with van der Waals surface area (Å²) in [5, 5.41) is 5.40. The van der Waals surface area contributed by atoms with Gasteiger partial charge in [0, 0.05) is 32.6 Å². The predicted octanol–water partition coefficient (Wildman–Crippen LogP) is 1.57. The molecule has 1 aromatic rings. The molecule has 1 atom stereocenters. The minimum atomic E-state index is -0.551. The number of ether oxygens (including phenoxy) is 2. The molecule has 0 radical (unpaired) electrons. The number of nitrogens with one attached hydrogen (secondary N) is 2. The molecule has 0 spiro atoms. The topological polar surface area (TPSA) is 79.9 Å². The first kappa shape index (κ1) is 17.8. The fourth-order valence-electron chi connectivity index (χ4n) is 2.47. The maximum atomic E-state index is 12.4. The van der Waals surface area contributed by atoms with Gasteiger partial charge in [0.2, 0.25) is 0 Å². The van der Waals surface area contributed by atoms with Crippen LogP contribution in [0.5, 0.6) is 0 Å². The smallest absolute Gasteiger partial charge is 0.338 e. The van der Waals surface area contributed by atoms with Gasteiger partial charge in [-0.05, 0) is 24.6 Å². The lowest BCUT2D eigenvalue weighted by Crippen LogP contribution is -2.45. The summed E-state index contributed by atoms with van der Waals surface area (Å²) in [6.07, 6.45) is 0. The molecule has 130 valence electrons. The Labute approximate surface area is 141 Å². The van der Waals surface area contributed by atoms with Gasteiger partial charge >= 0.3 is 12.0 Å². The van der Waals surface area contributed by atoms with Crippen molar-refractivity contribution in [1.29, 1.82) is 0 Å². The second-order valence-corrected chi connectivity index (χ2v) is 5.68. The van der Waals surface area contributed by atoms with E-state index in [4.69, 9.17) is 9.47 Å². The maximum absolute atomic E-state index is 12.4. The first-order valence-electron chi connectivity index (χ1n) is 7.65. The van der Waals surface area contributed by atoms with Crippen molar-refractivity contribution in [2.75, 3.05) is 39.3 Å². The second kappa shape index (κ2) is 7.83. The molecule has 0 aromatic heterocycles. The molecule has 0 saturated carbocycles. The Kier molecular flexibility index (Phi) is 5.81. The van der Waals surface area contributed by atoms with E-state index in [-0.39, 0.29) is 12.6 Å². The summed E-state index contributed by atoms with van der Waals surface area (Å²) in [5.74, 6) is -0.473. The molecule has 1 heterocycles. The van der Waals surface area contributed by atoms with Crippen LogP contribution in [0.3, 0.4) is 0 Å². The highest BCUT2D eigenvalue weighted by Crippen LogP contribution is 2.28. The number of allylic oxidation sites excluding steroid dienone is 1. The summed E-state index contributed by atoms with van der Waals surface area (Å²) < 4.78 is 10.1. The van der Waals surface area contributed by atoms with Crippen molar-refractivity contribution >= 4 is 17.7 Å². The Morgan fingerprint density at radius 3 is 2.46 bits per heavy atom. The van der Waals surface area contributed by atoms with Gasteiger partial charge in [-0.1, -0.05) is 12.1 Å². The molecule has 2 rings (SSSR count). The van der Waals surface area contributed by atoms with Crippen LogP contribution in [0.25, 0.3) is 0 Å². The van der Waals surface area contributed by atoms with Crippen molar-refractivity contribution in [2.45, 2.75) is 13.0 Å². The maximum Gasteiger partial charge on any atom is 0.338 e. The summed E-state index contributed by atoms with van der Waals surface area (Å²) in [7, 11) is 5.43. The highest BCUT2D eigenvalue weighted by atomic mass is 16.6. The summed E-state index contributed by atoms with van der Waals surface area (Å²) in [4.78, 5) is 26.2. The van der Waals surface area contributed by atoms with Crippen LogP contribution in [0.1, 0.15) is 18.5 Å². The second-order valence-electron chi connectivity index (χ2n) is 5.68. The van der Waals surface area contributed by atoms with Crippen molar-refractivity contribution in [2.24, 2.45) is 0 Å². The van der Waals surface area contributed by atoms with Gasteiger partial charge in [-0.15, -0.1) is 0 Å². The molecule has 7 heteroatoms. The van der Waals surface area contributed by atoms with Crippen molar-refractivity contribution in [3.8, 4) is 0 Å². The molecule has 0 bridgehead atoms. The van der Waals surface area contributed by atoms with Gasteiger partial charge in [-0.25, -0.2) is 9.59 Å². The van der Waals surface area contributed by atoms with Crippen LogP contribution in [0.2, 0.25) is 0 Å². The minimum absolute atomic E-state index is 0.159. The highest BCUT2D eigenvalue weighted by molar-refractivity contribution is 5.95. The zero-order valence-corrected chi connectivity index (χ0v) is 14.4. The molecular formula is C17H23N3O4. The first-order chi connectivity index (χ1) is 11.4. The Bertz CT molecular complexity index is 638. The number of hydrogen-bond donors (Lipinski definition) is 2. The number of esters is 1. The number of carbonyl (C=O) groups excluding carboxylic acids is 2. The number of amides is 2. The van der Waals surface area contributed by atoms with Crippen LogP contribution in [0.15, 0.2) is 35.5 Å². The van der Waals surface area contributed by atoms with Crippen molar-refractivity contribution in [1.82, 2.24) is 10.6 Å². The van der Waals surface area contributed by atoms with Gasteiger partial charge in [-0.2, -0.15) is 0 Å². The fourth-order valence-corrected chi connectivity index (χ4v) is 2.47. The molecule has 7 nitrogen and oxygen atoms in total. The van der Waals surface area contributed by atoms with E-state index in [1.165, 1.54) is 7.11 Å². The zero-order valence-electron chi connectivity index (χ0n) is 14.4. The number of nitrogens with zero attached hydrogens (tertiary/aromatic N) is 1. The van der Waals surface area contributed by atoms with E-state index in [2.05, 4.69) is 10.6 Å². The van der Waals surface area contributed by atoms with Crippen molar-refractivity contribution in [3.63, 3.8) is 0 Å². The number of methoxy groups -OCH3 is 1. The standard InChI is InChI=1S/C17H23N3O4/c1-11-14(16(21)24-10-9-23-4)15(19-17(22)18-11)12-5-7-13(8-6-12)20(2)3/h5-8,15H,9-10H2,1-4H3,(H2,18,19,22)/t15-/m1/s1. The lowest BCUT2D eigenvalue weighted by molar-refractivity contribution is -0.140. The molecule has 0 aliphatic carbocycles. The molecular weight excluding hydrogens is 310 g/mol. The third-order valence-electron chi connectivity index (χ3n) is 3.75. The molecule has 24 heavy (non-hydrogen) atoms. The molecule has 0 saturated heterocycles. The zero-order chi connectivity index (χ0) is 17.7. The third kappa shape index (κ3) is 4.05. The van der Waals surface area contributed by atoms with Crippen molar-refractivity contribution in [3.05, 3.63) is 41.1 Å². The van der Waals surface area contributed by atoms with Crippen LogP contribution in [-0.4, -0.2) is 46.4 Å². The largest absolute Gasteiger partial charge is 0.460 e. The molecule has 0 unspecified atom stereocenters. The number of anilines is 1. The summed E-state index contributed by atoms with van der Waals surface area (Å²) in [5.41, 5.74) is 2.73. The molecule has 1 aromatic carbocycles. The Hall–Kier alpha value is -2.54. The predicted molar refractivity (Wildman–Crippen MR) is 90.7 cm³/mol.